The molecular formula is C18H10Cl2F2N2OS. The highest BCUT2D eigenvalue weighted by atomic mass is 35.5. The van der Waals surface area contributed by atoms with E-state index in [0.29, 0.717) is 26.4 Å². The fourth-order valence-corrected chi connectivity index (χ4v) is 3.11. The van der Waals surface area contributed by atoms with E-state index in [1.54, 1.807) is 29.7 Å². The molecule has 1 aromatic heterocycles. The molecule has 1 N–H and O–H groups in total. The van der Waals surface area contributed by atoms with E-state index in [0.717, 1.165) is 23.5 Å². The van der Waals surface area contributed by atoms with Crippen molar-refractivity contribution in [2.75, 3.05) is 5.32 Å². The number of benzene rings is 2. The highest BCUT2D eigenvalue weighted by molar-refractivity contribution is 7.14. The Bertz CT molecular complexity index is 1000. The highest BCUT2D eigenvalue weighted by Crippen LogP contribution is 2.27. The van der Waals surface area contributed by atoms with Crippen molar-refractivity contribution in [3.8, 4) is 11.3 Å². The summed E-state index contributed by atoms with van der Waals surface area (Å²) in [5, 5.41) is 5.28. The van der Waals surface area contributed by atoms with Gasteiger partial charge < -0.3 is 0 Å². The molecule has 0 spiro atoms. The van der Waals surface area contributed by atoms with Crippen LogP contribution >= 0.6 is 34.5 Å². The third kappa shape index (κ3) is 4.46. The zero-order valence-electron chi connectivity index (χ0n) is 13.0. The van der Waals surface area contributed by atoms with Crippen molar-refractivity contribution in [3.05, 3.63) is 75.1 Å². The second-order valence-corrected chi connectivity index (χ2v) is 6.83. The standard InChI is InChI=1S/C18H10Cl2F2N2OS/c19-13-5-1-10(7-14(13)20)2-6-17(25)24-18-23-16(9-26-18)12-4-3-11(21)8-15(12)22/h1-9H,(H,23,24,25). The molecule has 8 heteroatoms. The van der Waals surface area contributed by atoms with Crippen molar-refractivity contribution in [1.29, 1.82) is 0 Å². The molecule has 3 nitrogen and oxygen atoms in total. The van der Waals surface area contributed by atoms with Gasteiger partial charge in [0, 0.05) is 23.1 Å². The zero-order chi connectivity index (χ0) is 18.7. The summed E-state index contributed by atoms with van der Waals surface area (Å²) in [5.74, 6) is -1.79. The molecule has 2 aromatic carbocycles. The summed E-state index contributed by atoms with van der Waals surface area (Å²) < 4.78 is 26.8. The molecule has 0 bridgehead atoms. The number of carbonyl (C=O) groups is 1. The maximum absolute atomic E-state index is 13.8. The number of nitrogens with zero attached hydrogens (tertiary/aromatic N) is 1. The SMILES string of the molecule is O=C(C=Cc1ccc(Cl)c(Cl)c1)Nc1nc(-c2ccc(F)cc2F)cs1. The first-order valence-corrected chi connectivity index (χ1v) is 8.91. The smallest absolute Gasteiger partial charge is 0.250 e. The number of halogens is 4. The van der Waals surface area contributed by atoms with E-state index in [-0.39, 0.29) is 5.56 Å². The van der Waals surface area contributed by atoms with E-state index >= 15 is 0 Å². The van der Waals surface area contributed by atoms with E-state index in [9.17, 15) is 13.6 Å². The number of carbonyl (C=O) groups excluding carboxylic acids is 1. The molecule has 0 aliphatic heterocycles. The third-order valence-corrected chi connectivity index (χ3v) is 4.81. The molecule has 0 saturated heterocycles. The quantitative estimate of drug-likeness (QED) is 0.532. The van der Waals surface area contributed by atoms with Crippen LogP contribution in [0.25, 0.3) is 17.3 Å². The molecule has 0 fully saturated rings. The number of anilines is 1. The van der Waals surface area contributed by atoms with Crippen molar-refractivity contribution in [3.63, 3.8) is 0 Å². The summed E-state index contributed by atoms with van der Waals surface area (Å²) >= 11 is 12.9. The molecule has 0 atom stereocenters. The molecule has 0 aliphatic rings. The van der Waals surface area contributed by atoms with Crippen molar-refractivity contribution in [2.24, 2.45) is 0 Å². The van der Waals surface area contributed by atoms with E-state index in [2.05, 4.69) is 10.3 Å². The monoisotopic (exact) mass is 410 g/mol. The van der Waals surface area contributed by atoms with E-state index in [1.165, 1.54) is 12.1 Å². The lowest BCUT2D eigenvalue weighted by Gasteiger charge is -2.00. The van der Waals surface area contributed by atoms with Gasteiger partial charge in [-0.05, 0) is 35.9 Å². The summed E-state index contributed by atoms with van der Waals surface area (Å²) in [4.78, 5) is 16.1. The fourth-order valence-electron chi connectivity index (χ4n) is 2.09. The van der Waals surface area contributed by atoms with Gasteiger partial charge in [0.2, 0.25) is 5.91 Å². The van der Waals surface area contributed by atoms with Crippen molar-refractivity contribution < 1.29 is 13.6 Å². The molecule has 0 saturated carbocycles. The van der Waals surface area contributed by atoms with Crippen molar-refractivity contribution in [1.82, 2.24) is 4.98 Å². The molecule has 1 amide bonds. The number of hydrogen-bond donors (Lipinski definition) is 1. The minimum atomic E-state index is -0.715. The molecule has 0 aliphatic carbocycles. The second-order valence-electron chi connectivity index (χ2n) is 5.16. The summed E-state index contributed by atoms with van der Waals surface area (Å²) in [6.07, 6.45) is 2.89. The Kier molecular flexibility index (Phi) is 5.66. The van der Waals surface area contributed by atoms with E-state index in [4.69, 9.17) is 23.2 Å². The van der Waals surface area contributed by atoms with E-state index < -0.39 is 17.5 Å². The number of amides is 1. The van der Waals surface area contributed by atoms with Gasteiger partial charge in [-0.3, -0.25) is 10.1 Å². The molecular weight excluding hydrogens is 401 g/mol. The number of rotatable bonds is 4. The van der Waals surface area contributed by atoms with Crippen LogP contribution in [0.2, 0.25) is 10.0 Å². The Morgan fingerprint density at radius 2 is 1.92 bits per heavy atom. The van der Waals surface area contributed by atoms with Gasteiger partial charge in [0.15, 0.2) is 5.13 Å². The second kappa shape index (κ2) is 7.95. The lowest BCUT2D eigenvalue weighted by molar-refractivity contribution is -0.111. The van der Waals surface area contributed by atoms with Crippen molar-refractivity contribution >= 4 is 51.7 Å². The molecule has 26 heavy (non-hydrogen) atoms. The predicted octanol–water partition coefficient (Wildman–Crippen LogP) is 6.05. The lowest BCUT2D eigenvalue weighted by atomic mass is 10.1. The Balaban J connectivity index is 1.69. The number of nitrogens with one attached hydrogen (secondary N) is 1. The number of thiazole rings is 1. The van der Waals surface area contributed by atoms with Gasteiger partial charge >= 0.3 is 0 Å². The van der Waals surface area contributed by atoms with Gasteiger partial charge in [-0.2, -0.15) is 0 Å². The summed E-state index contributed by atoms with van der Waals surface area (Å²) in [7, 11) is 0. The van der Waals surface area contributed by atoms with Crippen LogP contribution in [0, 0.1) is 11.6 Å². The largest absolute Gasteiger partial charge is 0.298 e. The minimum Gasteiger partial charge on any atom is -0.298 e. The number of hydrogen-bond acceptors (Lipinski definition) is 3. The van der Waals surface area contributed by atoms with Crippen LogP contribution in [-0.2, 0) is 4.79 Å². The first kappa shape index (κ1) is 18.5. The fraction of sp³-hybridized carbons (Fsp3) is 0. The van der Waals surface area contributed by atoms with Gasteiger partial charge in [-0.25, -0.2) is 13.8 Å². The zero-order valence-corrected chi connectivity index (χ0v) is 15.3. The van der Waals surface area contributed by atoms with Gasteiger partial charge in [-0.15, -0.1) is 11.3 Å². The minimum absolute atomic E-state index is 0.162. The van der Waals surface area contributed by atoms with Crippen LogP contribution in [0.4, 0.5) is 13.9 Å². The molecule has 3 rings (SSSR count). The van der Waals surface area contributed by atoms with Crippen LogP contribution in [-0.4, -0.2) is 10.9 Å². The lowest BCUT2D eigenvalue weighted by Crippen LogP contribution is -2.07. The van der Waals surface area contributed by atoms with Crippen LogP contribution < -0.4 is 5.32 Å². The third-order valence-electron chi connectivity index (χ3n) is 3.31. The average molecular weight is 411 g/mol. The van der Waals surface area contributed by atoms with Gasteiger partial charge in [0.05, 0.1) is 15.7 Å². The van der Waals surface area contributed by atoms with Gasteiger partial charge in [-0.1, -0.05) is 29.3 Å². The molecule has 0 unspecified atom stereocenters. The topological polar surface area (TPSA) is 42.0 Å². The normalized spacial score (nSPS) is 11.1. The summed E-state index contributed by atoms with van der Waals surface area (Å²) in [6, 6.07) is 8.22. The summed E-state index contributed by atoms with van der Waals surface area (Å²) in [6.45, 7) is 0. The number of aromatic nitrogens is 1. The Hall–Kier alpha value is -2.28. The Morgan fingerprint density at radius 1 is 1.12 bits per heavy atom. The highest BCUT2D eigenvalue weighted by Gasteiger charge is 2.11. The maximum atomic E-state index is 13.8. The predicted molar refractivity (Wildman–Crippen MR) is 102 cm³/mol. The first-order chi connectivity index (χ1) is 12.4. The first-order valence-electron chi connectivity index (χ1n) is 7.27. The molecule has 3 aromatic rings. The van der Waals surface area contributed by atoms with Gasteiger partial charge in [0.25, 0.3) is 0 Å². The molecule has 0 radical (unpaired) electrons. The average Bonchev–Trinajstić information content (AvgIpc) is 3.04. The Morgan fingerprint density at radius 3 is 2.65 bits per heavy atom. The van der Waals surface area contributed by atoms with Crippen LogP contribution in [0.1, 0.15) is 5.56 Å². The summed E-state index contributed by atoms with van der Waals surface area (Å²) in [5.41, 5.74) is 1.19. The van der Waals surface area contributed by atoms with Crippen molar-refractivity contribution in [2.45, 2.75) is 0 Å². The van der Waals surface area contributed by atoms with Crippen LogP contribution in [0.5, 0.6) is 0 Å². The molecule has 132 valence electrons. The molecule has 1 heterocycles. The van der Waals surface area contributed by atoms with Gasteiger partial charge in [0.1, 0.15) is 11.6 Å². The van der Waals surface area contributed by atoms with Crippen LogP contribution in [0.3, 0.4) is 0 Å². The van der Waals surface area contributed by atoms with E-state index in [1.807, 2.05) is 0 Å². The van der Waals surface area contributed by atoms with Crippen LogP contribution in [0.15, 0.2) is 47.9 Å². The Labute approximate surface area is 161 Å². The maximum Gasteiger partial charge on any atom is 0.250 e.